The van der Waals surface area contributed by atoms with Crippen LogP contribution in [0.5, 0.6) is 0 Å². The monoisotopic (exact) mass is 396 g/mol. The van der Waals surface area contributed by atoms with Gasteiger partial charge in [0.05, 0.1) is 5.41 Å². The minimum atomic E-state index is -0.528. The molecule has 0 radical (unpaired) electrons. The molecule has 2 heterocycles. The molecule has 5 heteroatoms. The molecule has 2 aliphatic rings. The van der Waals surface area contributed by atoms with Gasteiger partial charge in [-0.1, -0.05) is 37.3 Å². The SMILES string of the molecule is CCC(=O)N1CCC[C@@](Cc2cccc(-c3cccs3)c2)(C(=O)NC2CC2)C1. The maximum atomic E-state index is 13.3. The first-order valence-electron chi connectivity index (χ1n) is 10.3. The van der Waals surface area contributed by atoms with Gasteiger partial charge in [0.2, 0.25) is 11.8 Å². The highest BCUT2D eigenvalue weighted by Gasteiger charge is 2.44. The van der Waals surface area contributed by atoms with Gasteiger partial charge in [-0.25, -0.2) is 0 Å². The number of thiophene rings is 1. The predicted molar refractivity (Wildman–Crippen MR) is 113 cm³/mol. The molecule has 1 aromatic carbocycles. The van der Waals surface area contributed by atoms with Gasteiger partial charge < -0.3 is 10.2 Å². The van der Waals surface area contributed by atoms with E-state index in [0.29, 0.717) is 25.4 Å². The van der Waals surface area contributed by atoms with Crippen LogP contribution in [0.15, 0.2) is 41.8 Å². The van der Waals surface area contributed by atoms with Gasteiger partial charge in [0.15, 0.2) is 0 Å². The first-order chi connectivity index (χ1) is 13.6. The second-order valence-corrected chi connectivity index (χ2v) is 9.10. The Hall–Kier alpha value is -2.14. The Morgan fingerprint density at radius 2 is 2.11 bits per heavy atom. The lowest BCUT2D eigenvalue weighted by atomic mass is 9.74. The summed E-state index contributed by atoms with van der Waals surface area (Å²) in [5.41, 5.74) is 1.84. The molecular weight excluding hydrogens is 368 g/mol. The highest BCUT2D eigenvalue weighted by molar-refractivity contribution is 7.13. The maximum absolute atomic E-state index is 13.3. The van der Waals surface area contributed by atoms with Gasteiger partial charge in [-0.3, -0.25) is 9.59 Å². The molecule has 1 aliphatic heterocycles. The zero-order valence-electron chi connectivity index (χ0n) is 16.4. The summed E-state index contributed by atoms with van der Waals surface area (Å²) < 4.78 is 0. The molecule has 1 N–H and O–H groups in total. The minimum absolute atomic E-state index is 0.130. The van der Waals surface area contributed by atoms with Gasteiger partial charge in [-0.2, -0.15) is 0 Å². The number of nitrogens with zero attached hydrogens (tertiary/aromatic N) is 1. The van der Waals surface area contributed by atoms with Crippen molar-refractivity contribution in [2.45, 2.75) is 51.5 Å². The molecule has 1 saturated carbocycles. The van der Waals surface area contributed by atoms with Gasteiger partial charge in [-0.15, -0.1) is 11.3 Å². The van der Waals surface area contributed by atoms with Crippen LogP contribution in [0.3, 0.4) is 0 Å². The third-order valence-electron chi connectivity index (χ3n) is 5.90. The van der Waals surface area contributed by atoms with E-state index in [-0.39, 0.29) is 11.8 Å². The molecular formula is C23H28N2O2S. The Morgan fingerprint density at radius 1 is 1.25 bits per heavy atom. The fourth-order valence-electron chi connectivity index (χ4n) is 4.21. The molecule has 2 fully saturated rings. The minimum Gasteiger partial charge on any atom is -0.353 e. The summed E-state index contributed by atoms with van der Waals surface area (Å²) >= 11 is 1.73. The van der Waals surface area contributed by atoms with Crippen LogP contribution >= 0.6 is 11.3 Å². The number of piperidine rings is 1. The van der Waals surface area contributed by atoms with Crippen molar-refractivity contribution in [2.75, 3.05) is 13.1 Å². The van der Waals surface area contributed by atoms with Crippen molar-refractivity contribution in [3.63, 3.8) is 0 Å². The number of benzene rings is 1. The molecule has 2 amide bonds. The van der Waals surface area contributed by atoms with Crippen molar-refractivity contribution >= 4 is 23.2 Å². The van der Waals surface area contributed by atoms with Crippen molar-refractivity contribution in [3.05, 3.63) is 47.3 Å². The van der Waals surface area contributed by atoms with Crippen LogP contribution in [0.25, 0.3) is 10.4 Å². The highest BCUT2D eigenvalue weighted by atomic mass is 32.1. The molecule has 1 aromatic heterocycles. The standard InChI is InChI=1S/C23H28N2O2S/c1-2-21(26)25-12-5-11-23(16-25,22(27)24-19-9-10-19)15-17-6-3-7-18(14-17)20-8-4-13-28-20/h3-4,6-8,13-14,19H,2,5,9-12,15-16H2,1H3,(H,24,27)/t23-/m0/s1. The quantitative estimate of drug-likeness (QED) is 0.793. The summed E-state index contributed by atoms with van der Waals surface area (Å²) in [5.74, 6) is 0.278. The number of likely N-dealkylation sites (tertiary alicyclic amines) is 1. The Kier molecular flexibility index (Phi) is 5.54. The molecule has 148 valence electrons. The zero-order valence-corrected chi connectivity index (χ0v) is 17.3. The number of hydrogen-bond donors (Lipinski definition) is 1. The van der Waals surface area contributed by atoms with Gasteiger partial charge in [0.1, 0.15) is 0 Å². The van der Waals surface area contributed by atoms with E-state index < -0.39 is 5.41 Å². The van der Waals surface area contributed by atoms with E-state index in [1.165, 1.54) is 16.0 Å². The topological polar surface area (TPSA) is 49.4 Å². The molecule has 4 nitrogen and oxygen atoms in total. The van der Waals surface area contributed by atoms with Crippen LogP contribution in [-0.2, 0) is 16.0 Å². The predicted octanol–water partition coefficient (Wildman–Crippen LogP) is 4.26. The number of hydrogen-bond acceptors (Lipinski definition) is 3. The van der Waals surface area contributed by atoms with Gasteiger partial charge in [0.25, 0.3) is 0 Å². The maximum Gasteiger partial charge on any atom is 0.228 e. The van der Waals surface area contributed by atoms with Crippen molar-refractivity contribution in [3.8, 4) is 10.4 Å². The Bertz CT molecular complexity index is 844. The van der Waals surface area contributed by atoms with Crippen LogP contribution in [0.4, 0.5) is 0 Å². The molecule has 1 aliphatic carbocycles. The number of nitrogens with one attached hydrogen (secondary N) is 1. The Morgan fingerprint density at radius 3 is 2.82 bits per heavy atom. The second kappa shape index (κ2) is 8.08. The summed E-state index contributed by atoms with van der Waals surface area (Å²) in [6, 6.07) is 13.0. The third kappa shape index (κ3) is 4.14. The van der Waals surface area contributed by atoms with E-state index in [2.05, 4.69) is 47.1 Å². The van der Waals surface area contributed by atoms with Crippen molar-refractivity contribution in [1.29, 1.82) is 0 Å². The van der Waals surface area contributed by atoms with Crippen molar-refractivity contribution in [2.24, 2.45) is 5.41 Å². The molecule has 4 rings (SSSR count). The lowest BCUT2D eigenvalue weighted by Gasteiger charge is -2.42. The molecule has 28 heavy (non-hydrogen) atoms. The lowest BCUT2D eigenvalue weighted by Crippen LogP contribution is -2.54. The van der Waals surface area contributed by atoms with E-state index in [9.17, 15) is 9.59 Å². The summed E-state index contributed by atoms with van der Waals surface area (Å²) in [6.45, 7) is 3.19. The first-order valence-corrected chi connectivity index (χ1v) is 11.2. The van der Waals surface area contributed by atoms with Crippen LogP contribution in [0.2, 0.25) is 0 Å². The molecule has 0 unspecified atom stereocenters. The number of carbonyl (C=O) groups excluding carboxylic acids is 2. The zero-order chi connectivity index (χ0) is 19.6. The van der Waals surface area contributed by atoms with E-state index >= 15 is 0 Å². The largest absolute Gasteiger partial charge is 0.353 e. The molecule has 1 atom stereocenters. The summed E-state index contributed by atoms with van der Waals surface area (Å²) in [6.07, 6.45) is 5.05. The number of rotatable bonds is 6. The van der Waals surface area contributed by atoms with Gasteiger partial charge in [-0.05, 0) is 54.7 Å². The van der Waals surface area contributed by atoms with Crippen LogP contribution < -0.4 is 5.32 Å². The average Bonchev–Trinajstić information content (AvgIpc) is 3.36. The third-order valence-corrected chi connectivity index (χ3v) is 6.82. The van der Waals surface area contributed by atoms with Gasteiger partial charge in [0, 0.05) is 30.4 Å². The molecule has 2 aromatic rings. The van der Waals surface area contributed by atoms with E-state index in [1.807, 2.05) is 11.8 Å². The molecule has 1 saturated heterocycles. The summed E-state index contributed by atoms with van der Waals surface area (Å²) in [4.78, 5) is 28.8. The Labute approximate surface area is 170 Å². The number of carbonyl (C=O) groups is 2. The fraction of sp³-hybridized carbons (Fsp3) is 0.478. The smallest absolute Gasteiger partial charge is 0.228 e. The average molecular weight is 397 g/mol. The van der Waals surface area contributed by atoms with Crippen molar-refractivity contribution < 1.29 is 9.59 Å². The van der Waals surface area contributed by atoms with Crippen LogP contribution in [0, 0.1) is 5.41 Å². The highest BCUT2D eigenvalue weighted by Crippen LogP contribution is 2.37. The normalized spacial score (nSPS) is 22.1. The lowest BCUT2D eigenvalue weighted by molar-refractivity contribution is -0.141. The molecule has 0 spiro atoms. The fourth-order valence-corrected chi connectivity index (χ4v) is 4.94. The number of amides is 2. The van der Waals surface area contributed by atoms with E-state index in [0.717, 1.165) is 32.2 Å². The van der Waals surface area contributed by atoms with E-state index in [4.69, 9.17) is 0 Å². The van der Waals surface area contributed by atoms with Crippen molar-refractivity contribution in [1.82, 2.24) is 10.2 Å². The Balaban J connectivity index is 1.61. The summed E-state index contributed by atoms with van der Waals surface area (Å²) in [7, 11) is 0. The van der Waals surface area contributed by atoms with Gasteiger partial charge >= 0.3 is 0 Å². The summed E-state index contributed by atoms with van der Waals surface area (Å²) in [5, 5.41) is 5.31. The first kappa shape index (κ1) is 19.2. The molecule has 0 bridgehead atoms. The second-order valence-electron chi connectivity index (χ2n) is 8.15. The van der Waals surface area contributed by atoms with E-state index in [1.54, 1.807) is 11.3 Å². The van der Waals surface area contributed by atoms with Crippen LogP contribution in [0.1, 0.15) is 44.6 Å². The van der Waals surface area contributed by atoms with Crippen LogP contribution in [-0.4, -0.2) is 35.8 Å².